The van der Waals surface area contributed by atoms with E-state index in [1.165, 1.54) is 21.0 Å². The molecule has 2 atom stereocenters. The Labute approximate surface area is 139 Å². The monoisotopic (exact) mass is 358 g/mol. The molecule has 0 aromatic rings. The summed E-state index contributed by atoms with van der Waals surface area (Å²) < 4.78 is 4.40. The van der Waals surface area contributed by atoms with Crippen molar-refractivity contribution in [3.05, 3.63) is 0 Å². The van der Waals surface area contributed by atoms with Crippen molar-refractivity contribution in [3.63, 3.8) is 0 Å². The largest absolute Gasteiger partial charge is 0.467 e. The number of ether oxygens (including phenoxy) is 1. The summed E-state index contributed by atoms with van der Waals surface area (Å²) >= 11 is 12.8. The molecule has 10 heteroatoms. The number of nitrogens with one attached hydrogen (secondary N) is 2. The number of esters is 1. The van der Waals surface area contributed by atoms with Crippen molar-refractivity contribution in [1.29, 1.82) is 0 Å². The molecule has 122 valence electrons. The minimum atomic E-state index is -0.664. The summed E-state index contributed by atoms with van der Waals surface area (Å²) in [6, 6.07) is -1.30. The van der Waals surface area contributed by atoms with Crippen LogP contribution < -0.4 is 10.6 Å². The second-order valence-electron chi connectivity index (χ2n) is 3.70. The zero-order chi connectivity index (χ0) is 17.0. The molecule has 0 fully saturated rings. The third-order valence-electron chi connectivity index (χ3n) is 1.88. The van der Waals surface area contributed by atoms with E-state index in [-0.39, 0.29) is 23.3 Å². The van der Waals surface area contributed by atoms with Crippen molar-refractivity contribution in [2.75, 3.05) is 18.6 Å². The molecular formula is C11H19ClN2O5S2. The molecule has 0 saturated heterocycles. The first-order valence-corrected chi connectivity index (χ1v) is 7.36. The van der Waals surface area contributed by atoms with Gasteiger partial charge in [0.05, 0.1) is 7.11 Å². The van der Waals surface area contributed by atoms with E-state index >= 15 is 0 Å². The fourth-order valence-electron chi connectivity index (χ4n) is 0.986. The van der Waals surface area contributed by atoms with E-state index in [1.807, 2.05) is 0 Å². The van der Waals surface area contributed by atoms with Crippen molar-refractivity contribution in [2.45, 2.75) is 25.9 Å². The van der Waals surface area contributed by atoms with Crippen LogP contribution in [0.4, 0.5) is 0 Å². The van der Waals surface area contributed by atoms with E-state index in [1.54, 1.807) is 0 Å². The van der Waals surface area contributed by atoms with Crippen LogP contribution in [0.15, 0.2) is 0 Å². The maximum atomic E-state index is 10.8. The lowest BCUT2D eigenvalue weighted by molar-refractivity contribution is -0.144. The SMILES string of the molecule is CC(=O)N[C@@H](CS)C(=O)Cl.COC(=O)[C@H](CS)NC(C)=O. The lowest BCUT2D eigenvalue weighted by atomic mass is 10.3. The highest BCUT2D eigenvalue weighted by Crippen LogP contribution is 1.93. The Morgan fingerprint density at radius 2 is 1.38 bits per heavy atom. The summed E-state index contributed by atoms with van der Waals surface area (Å²) in [7, 11) is 1.26. The molecule has 0 rings (SSSR count). The molecule has 7 nitrogen and oxygen atoms in total. The molecule has 21 heavy (non-hydrogen) atoms. The van der Waals surface area contributed by atoms with Crippen molar-refractivity contribution >= 4 is 59.9 Å². The van der Waals surface area contributed by atoms with Crippen LogP contribution >= 0.6 is 36.9 Å². The number of halogens is 1. The Morgan fingerprint density at radius 1 is 1.00 bits per heavy atom. The Balaban J connectivity index is 0. The van der Waals surface area contributed by atoms with Crippen LogP contribution in [0, 0.1) is 0 Å². The fourth-order valence-corrected chi connectivity index (χ4v) is 1.72. The molecule has 0 spiro atoms. The molecule has 0 aromatic carbocycles. The molecule has 0 saturated carbocycles. The molecule has 0 aliphatic carbocycles. The number of thiol groups is 2. The summed E-state index contributed by atoms with van der Waals surface area (Å²) in [5, 5.41) is 4.13. The summed E-state index contributed by atoms with van der Waals surface area (Å²) in [5.74, 6) is -0.563. The number of methoxy groups -OCH3 is 1. The third-order valence-corrected chi connectivity index (χ3v) is 2.87. The van der Waals surface area contributed by atoms with Crippen LogP contribution in [-0.2, 0) is 23.9 Å². The van der Waals surface area contributed by atoms with Gasteiger partial charge in [0.15, 0.2) is 0 Å². The molecular weight excluding hydrogens is 340 g/mol. The fraction of sp³-hybridized carbons (Fsp3) is 0.636. The van der Waals surface area contributed by atoms with Gasteiger partial charge >= 0.3 is 5.97 Å². The second kappa shape index (κ2) is 12.8. The van der Waals surface area contributed by atoms with Gasteiger partial charge in [-0.3, -0.25) is 14.4 Å². The lowest BCUT2D eigenvalue weighted by Gasteiger charge is -2.11. The molecule has 0 aliphatic heterocycles. The first-order chi connectivity index (χ1) is 9.69. The molecule has 0 unspecified atom stereocenters. The van der Waals surface area contributed by atoms with Crippen molar-refractivity contribution in [2.24, 2.45) is 0 Å². The lowest BCUT2D eigenvalue weighted by Crippen LogP contribution is -2.41. The van der Waals surface area contributed by atoms with Crippen LogP contribution in [0.5, 0.6) is 0 Å². The maximum Gasteiger partial charge on any atom is 0.329 e. The highest BCUT2D eigenvalue weighted by Gasteiger charge is 2.17. The zero-order valence-corrected chi connectivity index (χ0v) is 14.4. The summed E-state index contributed by atoms with van der Waals surface area (Å²) in [5.41, 5.74) is 0. The van der Waals surface area contributed by atoms with Gasteiger partial charge in [-0.05, 0) is 11.6 Å². The Kier molecular flexibility index (Phi) is 13.6. The molecule has 0 heterocycles. The number of carbonyl (C=O) groups is 4. The summed E-state index contributed by atoms with van der Waals surface area (Å²) in [6.07, 6.45) is 0. The quantitative estimate of drug-likeness (QED) is 0.299. The average molecular weight is 359 g/mol. The molecule has 0 aromatic heterocycles. The van der Waals surface area contributed by atoms with Crippen LogP contribution in [0.3, 0.4) is 0 Å². The minimum Gasteiger partial charge on any atom is -0.467 e. The number of rotatable bonds is 6. The molecule has 2 N–H and O–H groups in total. The summed E-state index contributed by atoms with van der Waals surface area (Å²) in [6.45, 7) is 2.65. The van der Waals surface area contributed by atoms with Gasteiger partial charge in [0, 0.05) is 25.4 Å². The number of carbonyl (C=O) groups excluding carboxylic acids is 4. The van der Waals surface area contributed by atoms with E-state index in [0.717, 1.165) is 0 Å². The van der Waals surface area contributed by atoms with E-state index in [2.05, 4.69) is 40.6 Å². The van der Waals surface area contributed by atoms with Gasteiger partial charge in [0.1, 0.15) is 12.1 Å². The van der Waals surface area contributed by atoms with Crippen LogP contribution in [0.2, 0.25) is 0 Å². The molecule has 0 radical (unpaired) electrons. The predicted molar refractivity (Wildman–Crippen MR) is 85.8 cm³/mol. The van der Waals surface area contributed by atoms with Crippen LogP contribution in [0.1, 0.15) is 13.8 Å². The average Bonchev–Trinajstić information content (AvgIpc) is 2.41. The zero-order valence-electron chi connectivity index (χ0n) is 11.9. The maximum absolute atomic E-state index is 10.8. The molecule has 0 aliphatic rings. The molecule has 2 amide bonds. The predicted octanol–water partition coefficient (Wildman–Crippen LogP) is -0.220. The van der Waals surface area contributed by atoms with E-state index in [4.69, 9.17) is 11.6 Å². The normalized spacial score (nSPS) is 12.1. The summed E-state index contributed by atoms with van der Waals surface area (Å²) in [4.78, 5) is 42.0. The smallest absolute Gasteiger partial charge is 0.329 e. The van der Waals surface area contributed by atoms with Gasteiger partial charge in [0.25, 0.3) is 0 Å². The second-order valence-corrected chi connectivity index (χ2v) is 4.80. The van der Waals surface area contributed by atoms with Crippen molar-refractivity contribution in [1.82, 2.24) is 10.6 Å². The Bertz CT molecular complexity index is 382. The van der Waals surface area contributed by atoms with Crippen molar-refractivity contribution in [3.8, 4) is 0 Å². The third kappa shape index (κ3) is 12.5. The van der Waals surface area contributed by atoms with Gasteiger partial charge in [-0.25, -0.2) is 4.79 Å². The Hall–Kier alpha value is -0.930. The highest BCUT2D eigenvalue weighted by atomic mass is 35.5. The topological polar surface area (TPSA) is 102 Å². The standard InChI is InChI=1S/C6H11NO3S.C5H8ClNO2S/c1-4(8)7-5(3-11)6(9)10-2;1-3(8)7-4(2-10)5(6)9/h5,11H,3H2,1-2H3,(H,7,8);4,10H,2H2,1H3,(H,7,8)/t5-;4-/m00/s1. The van der Waals surface area contributed by atoms with Gasteiger partial charge in [-0.1, -0.05) is 0 Å². The number of hydrogen-bond acceptors (Lipinski definition) is 7. The first kappa shape index (κ1) is 22.4. The van der Waals surface area contributed by atoms with E-state index in [9.17, 15) is 19.2 Å². The number of amides is 2. The van der Waals surface area contributed by atoms with Crippen LogP contribution in [-0.4, -0.2) is 53.7 Å². The molecule has 0 bridgehead atoms. The number of hydrogen-bond donors (Lipinski definition) is 4. The first-order valence-electron chi connectivity index (χ1n) is 5.72. The highest BCUT2D eigenvalue weighted by molar-refractivity contribution is 7.80. The van der Waals surface area contributed by atoms with Gasteiger partial charge in [-0.15, -0.1) is 0 Å². The van der Waals surface area contributed by atoms with E-state index in [0.29, 0.717) is 0 Å². The Morgan fingerprint density at radius 3 is 1.57 bits per heavy atom. The van der Waals surface area contributed by atoms with E-state index < -0.39 is 23.3 Å². The van der Waals surface area contributed by atoms with Crippen molar-refractivity contribution < 1.29 is 23.9 Å². The van der Waals surface area contributed by atoms with Gasteiger partial charge in [-0.2, -0.15) is 25.3 Å². The minimum absolute atomic E-state index is 0.224. The van der Waals surface area contributed by atoms with Crippen LogP contribution in [0.25, 0.3) is 0 Å². The van der Waals surface area contributed by atoms with Gasteiger partial charge < -0.3 is 15.4 Å². The van der Waals surface area contributed by atoms with Gasteiger partial charge in [0.2, 0.25) is 17.1 Å².